The summed E-state index contributed by atoms with van der Waals surface area (Å²) in [6.45, 7) is 5.70. The third-order valence-electron chi connectivity index (χ3n) is 4.45. The first-order valence-electron chi connectivity index (χ1n) is 8.66. The Morgan fingerprint density at radius 3 is 2.92 bits per heavy atom. The van der Waals surface area contributed by atoms with Gasteiger partial charge in [-0.25, -0.2) is 14.4 Å². The molecule has 0 amide bonds. The zero-order valence-electron chi connectivity index (χ0n) is 14.4. The van der Waals surface area contributed by atoms with Crippen molar-refractivity contribution in [2.24, 2.45) is 4.99 Å². The summed E-state index contributed by atoms with van der Waals surface area (Å²) in [6, 6.07) is 5.90. The SMILES string of the molecule is CC(C)Oc1cc2c(cn1)CN=C2c1ccnc(N2CC[C@@H](F)C2)c1. The maximum atomic E-state index is 13.5. The largest absolute Gasteiger partial charge is 0.475 e. The molecular formula is C19H21FN4O. The van der Waals surface area contributed by atoms with Crippen molar-refractivity contribution < 1.29 is 9.13 Å². The van der Waals surface area contributed by atoms with Crippen LogP contribution in [0.15, 0.2) is 35.6 Å². The number of hydrogen-bond donors (Lipinski definition) is 0. The molecule has 5 nitrogen and oxygen atoms in total. The highest BCUT2D eigenvalue weighted by Gasteiger charge is 2.24. The molecule has 0 aliphatic carbocycles. The molecule has 4 heterocycles. The van der Waals surface area contributed by atoms with Gasteiger partial charge in [-0.2, -0.15) is 0 Å². The predicted octanol–water partition coefficient (Wildman–Crippen LogP) is 3.16. The standard InChI is InChI=1S/C19H21FN4O/c1-12(2)25-18-8-16-14(9-22-18)10-23-19(16)13-3-5-21-17(7-13)24-6-4-15(20)11-24/h3,5,7-9,12,15H,4,6,10-11H2,1-2H3/t15-/m1/s1. The number of halogens is 1. The number of fused-ring (bicyclic) bond motifs is 1. The number of aromatic nitrogens is 2. The van der Waals surface area contributed by atoms with E-state index < -0.39 is 6.17 Å². The summed E-state index contributed by atoms with van der Waals surface area (Å²) in [7, 11) is 0. The van der Waals surface area contributed by atoms with Crippen LogP contribution in [0.2, 0.25) is 0 Å². The molecule has 2 aromatic rings. The third kappa shape index (κ3) is 3.21. The van der Waals surface area contributed by atoms with E-state index in [0.29, 0.717) is 31.9 Å². The van der Waals surface area contributed by atoms with Crippen LogP contribution in [0.1, 0.15) is 37.0 Å². The summed E-state index contributed by atoms with van der Waals surface area (Å²) in [5.41, 5.74) is 4.06. The van der Waals surface area contributed by atoms with Gasteiger partial charge < -0.3 is 9.64 Å². The number of alkyl halides is 1. The van der Waals surface area contributed by atoms with Gasteiger partial charge >= 0.3 is 0 Å². The highest BCUT2D eigenvalue weighted by atomic mass is 19.1. The van der Waals surface area contributed by atoms with Crippen molar-refractivity contribution in [2.75, 3.05) is 18.0 Å². The van der Waals surface area contributed by atoms with Gasteiger partial charge in [-0.1, -0.05) is 0 Å². The monoisotopic (exact) mass is 340 g/mol. The fourth-order valence-corrected chi connectivity index (χ4v) is 3.28. The number of hydrogen-bond acceptors (Lipinski definition) is 5. The Kier molecular flexibility index (Phi) is 4.11. The number of ether oxygens (including phenoxy) is 1. The van der Waals surface area contributed by atoms with Crippen LogP contribution >= 0.6 is 0 Å². The Morgan fingerprint density at radius 2 is 2.16 bits per heavy atom. The van der Waals surface area contributed by atoms with Gasteiger partial charge in [0.15, 0.2) is 0 Å². The first kappa shape index (κ1) is 16.0. The molecule has 1 fully saturated rings. The summed E-state index contributed by atoms with van der Waals surface area (Å²) in [5, 5.41) is 0. The Hall–Kier alpha value is -2.50. The smallest absolute Gasteiger partial charge is 0.214 e. The fourth-order valence-electron chi connectivity index (χ4n) is 3.28. The molecule has 130 valence electrons. The maximum absolute atomic E-state index is 13.5. The third-order valence-corrected chi connectivity index (χ3v) is 4.45. The van der Waals surface area contributed by atoms with Gasteiger partial charge in [0, 0.05) is 41.7 Å². The van der Waals surface area contributed by atoms with E-state index in [2.05, 4.69) is 15.0 Å². The van der Waals surface area contributed by atoms with Gasteiger partial charge in [0.1, 0.15) is 12.0 Å². The number of rotatable bonds is 4. The van der Waals surface area contributed by atoms with Gasteiger partial charge in [-0.05, 0) is 32.4 Å². The van der Waals surface area contributed by atoms with Crippen molar-refractivity contribution in [1.82, 2.24) is 9.97 Å². The molecule has 0 N–H and O–H groups in total. The summed E-state index contributed by atoms with van der Waals surface area (Å²) in [5.74, 6) is 1.42. The van der Waals surface area contributed by atoms with E-state index in [1.54, 1.807) is 6.20 Å². The average Bonchev–Trinajstić information content (AvgIpc) is 3.20. The topological polar surface area (TPSA) is 50.6 Å². The summed E-state index contributed by atoms with van der Waals surface area (Å²) in [4.78, 5) is 15.4. The molecule has 0 radical (unpaired) electrons. The van der Waals surface area contributed by atoms with Gasteiger partial charge in [-0.3, -0.25) is 4.99 Å². The van der Waals surface area contributed by atoms with Crippen molar-refractivity contribution in [2.45, 2.75) is 39.1 Å². The molecule has 1 saturated heterocycles. The van der Waals surface area contributed by atoms with Crippen molar-refractivity contribution in [1.29, 1.82) is 0 Å². The Balaban J connectivity index is 1.64. The molecule has 2 aromatic heterocycles. The van der Waals surface area contributed by atoms with E-state index in [4.69, 9.17) is 4.74 Å². The van der Waals surface area contributed by atoms with Gasteiger partial charge in [-0.15, -0.1) is 0 Å². The maximum Gasteiger partial charge on any atom is 0.214 e. The highest BCUT2D eigenvalue weighted by Crippen LogP contribution is 2.28. The van der Waals surface area contributed by atoms with Crippen molar-refractivity contribution >= 4 is 11.5 Å². The lowest BCUT2D eigenvalue weighted by molar-refractivity contribution is 0.232. The molecule has 6 heteroatoms. The molecule has 2 aliphatic heterocycles. The van der Waals surface area contributed by atoms with E-state index in [1.807, 2.05) is 43.1 Å². The molecule has 0 aromatic carbocycles. The van der Waals surface area contributed by atoms with E-state index in [1.165, 1.54) is 0 Å². The van der Waals surface area contributed by atoms with Gasteiger partial charge in [0.25, 0.3) is 0 Å². The van der Waals surface area contributed by atoms with Gasteiger partial charge in [0.05, 0.1) is 24.9 Å². The van der Waals surface area contributed by atoms with Crippen molar-refractivity contribution in [3.8, 4) is 5.88 Å². The Labute approximate surface area is 146 Å². The predicted molar refractivity (Wildman–Crippen MR) is 95.3 cm³/mol. The number of anilines is 1. The quantitative estimate of drug-likeness (QED) is 0.858. The van der Waals surface area contributed by atoms with Crippen LogP contribution in [0.5, 0.6) is 5.88 Å². The first-order valence-corrected chi connectivity index (χ1v) is 8.66. The Bertz CT molecular complexity index is 821. The summed E-state index contributed by atoms with van der Waals surface area (Å²) >= 11 is 0. The molecule has 0 saturated carbocycles. The molecule has 0 spiro atoms. The van der Waals surface area contributed by atoms with Crippen LogP contribution in [0.3, 0.4) is 0 Å². The van der Waals surface area contributed by atoms with E-state index in [-0.39, 0.29) is 6.10 Å². The molecule has 0 unspecified atom stereocenters. The molecule has 0 bridgehead atoms. The molecule has 4 rings (SSSR count). The normalized spacial score (nSPS) is 19.3. The summed E-state index contributed by atoms with van der Waals surface area (Å²) < 4.78 is 19.2. The van der Waals surface area contributed by atoms with Gasteiger partial charge in [0.2, 0.25) is 5.88 Å². The van der Waals surface area contributed by atoms with E-state index in [0.717, 1.165) is 28.2 Å². The number of aliphatic imine (C=N–C) groups is 1. The second-order valence-corrected chi connectivity index (χ2v) is 6.75. The van der Waals surface area contributed by atoms with Crippen molar-refractivity contribution in [3.63, 3.8) is 0 Å². The molecule has 25 heavy (non-hydrogen) atoms. The lowest BCUT2D eigenvalue weighted by Crippen LogP contribution is -2.21. The van der Waals surface area contributed by atoms with Crippen LogP contribution in [-0.4, -0.2) is 41.0 Å². The minimum atomic E-state index is -0.767. The number of pyridine rings is 2. The van der Waals surface area contributed by atoms with Crippen LogP contribution in [0.4, 0.5) is 10.2 Å². The van der Waals surface area contributed by atoms with Crippen molar-refractivity contribution in [3.05, 3.63) is 47.3 Å². The van der Waals surface area contributed by atoms with Crippen LogP contribution < -0.4 is 9.64 Å². The van der Waals surface area contributed by atoms with Crippen LogP contribution in [-0.2, 0) is 6.54 Å². The average molecular weight is 340 g/mol. The molecule has 1 atom stereocenters. The zero-order valence-corrected chi connectivity index (χ0v) is 14.4. The van der Waals surface area contributed by atoms with Crippen LogP contribution in [0.25, 0.3) is 0 Å². The second kappa shape index (κ2) is 6.43. The second-order valence-electron chi connectivity index (χ2n) is 6.75. The first-order chi connectivity index (χ1) is 12.1. The minimum Gasteiger partial charge on any atom is -0.475 e. The zero-order chi connectivity index (χ0) is 17.4. The molecule has 2 aliphatic rings. The van der Waals surface area contributed by atoms with E-state index in [9.17, 15) is 4.39 Å². The molecular weight excluding hydrogens is 319 g/mol. The fraction of sp³-hybridized carbons (Fsp3) is 0.421. The Morgan fingerprint density at radius 1 is 1.28 bits per heavy atom. The highest BCUT2D eigenvalue weighted by molar-refractivity contribution is 6.15. The lowest BCUT2D eigenvalue weighted by Gasteiger charge is -2.17. The van der Waals surface area contributed by atoms with E-state index >= 15 is 0 Å². The minimum absolute atomic E-state index is 0.0729. The lowest BCUT2D eigenvalue weighted by atomic mass is 10.0. The number of nitrogens with zero attached hydrogens (tertiary/aromatic N) is 4. The summed E-state index contributed by atoms with van der Waals surface area (Å²) in [6.07, 6.45) is 3.47. The van der Waals surface area contributed by atoms with Crippen LogP contribution in [0, 0.1) is 0 Å².